The highest BCUT2D eigenvalue weighted by molar-refractivity contribution is 5.94. The molecule has 0 unspecified atom stereocenters. The van der Waals surface area contributed by atoms with Crippen molar-refractivity contribution in [3.8, 4) is 0 Å². The van der Waals surface area contributed by atoms with E-state index in [1.807, 2.05) is 44.2 Å². The maximum absolute atomic E-state index is 12.1. The van der Waals surface area contributed by atoms with E-state index >= 15 is 0 Å². The molecule has 2 aromatic carbocycles. The summed E-state index contributed by atoms with van der Waals surface area (Å²) in [6.07, 6.45) is 0. The molecule has 0 bridgehead atoms. The number of carbonyl (C=O) groups excluding carboxylic acids is 1. The number of benzene rings is 2. The van der Waals surface area contributed by atoms with Crippen molar-refractivity contribution >= 4 is 5.91 Å². The molecule has 0 spiro atoms. The molecule has 0 heterocycles. The third kappa shape index (κ3) is 3.44. The number of carbonyl (C=O) groups is 1. The Bertz CT molecular complexity index is 582. The zero-order valence-corrected chi connectivity index (χ0v) is 11.7. The first kappa shape index (κ1) is 13.3. The molecule has 2 aromatic rings. The van der Waals surface area contributed by atoms with E-state index in [1.54, 1.807) is 0 Å². The van der Waals surface area contributed by atoms with Gasteiger partial charge >= 0.3 is 0 Å². The smallest absolute Gasteiger partial charge is 0.251 e. The zero-order chi connectivity index (χ0) is 13.8. The van der Waals surface area contributed by atoms with Gasteiger partial charge in [-0.05, 0) is 44.0 Å². The minimum atomic E-state index is -0.0185. The number of hydrogen-bond donors (Lipinski definition) is 1. The fraction of sp³-hybridized carbons (Fsp3) is 0.235. The van der Waals surface area contributed by atoms with E-state index in [1.165, 1.54) is 5.56 Å². The van der Waals surface area contributed by atoms with Crippen LogP contribution in [-0.2, 0) is 6.54 Å². The van der Waals surface area contributed by atoms with Gasteiger partial charge in [0.25, 0.3) is 5.91 Å². The SMILES string of the molecule is Cc1cc(C)cc(C(=O)NCc2ccccc2C)c1. The van der Waals surface area contributed by atoms with E-state index in [4.69, 9.17) is 0 Å². The first-order chi connectivity index (χ1) is 9.06. The lowest BCUT2D eigenvalue weighted by Gasteiger charge is -2.09. The molecular formula is C17H19NO. The second-order valence-corrected chi connectivity index (χ2v) is 4.99. The zero-order valence-electron chi connectivity index (χ0n) is 11.7. The molecule has 2 nitrogen and oxygen atoms in total. The number of amides is 1. The molecule has 0 atom stereocenters. The number of nitrogens with one attached hydrogen (secondary N) is 1. The molecule has 98 valence electrons. The topological polar surface area (TPSA) is 29.1 Å². The fourth-order valence-corrected chi connectivity index (χ4v) is 2.19. The highest BCUT2D eigenvalue weighted by Gasteiger charge is 2.07. The number of hydrogen-bond acceptors (Lipinski definition) is 1. The van der Waals surface area contributed by atoms with Crippen molar-refractivity contribution in [3.05, 3.63) is 70.3 Å². The summed E-state index contributed by atoms with van der Waals surface area (Å²) in [5, 5.41) is 2.97. The first-order valence-electron chi connectivity index (χ1n) is 6.47. The van der Waals surface area contributed by atoms with Crippen LogP contribution in [0.25, 0.3) is 0 Å². The number of rotatable bonds is 3. The van der Waals surface area contributed by atoms with Gasteiger partial charge in [0.15, 0.2) is 0 Å². The monoisotopic (exact) mass is 253 g/mol. The Balaban J connectivity index is 2.08. The Morgan fingerprint density at radius 2 is 1.63 bits per heavy atom. The van der Waals surface area contributed by atoms with Gasteiger partial charge < -0.3 is 5.32 Å². The Hall–Kier alpha value is -2.09. The summed E-state index contributed by atoms with van der Waals surface area (Å²) in [6, 6.07) is 14.0. The maximum atomic E-state index is 12.1. The van der Waals surface area contributed by atoms with Crippen molar-refractivity contribution < 1.29 is 4.79 Å². The summed E-state index contributed by atoms with van der Waals surface area (Å²) in [5.41, 5.74) is 5.30. The third-order valence-electron chi connectivity index (χ3n) is 3.18. The lowest BCUT2D eigenvalue weighted by Crippen LogP contribution is -2.23. The third-order valence-corrected chi connectivity index (χ3v) is 3.18. The van der Waals surface area contributed by atoms with E-state index in [-0.39, 0.29) is 5.91 Å². The standard InChI is InChI=1S/C17H19NO/c1-12-8-13(2)10-16(9-12)17(19)18-11-15-7-5-4-6-14(15)3/h4-10H,11H2,1-3H3,(H,18,19). The van der Waals surface area contributed by atoms with Gasteiger partial charge in [-0.3, -0.25) is 4.79 Å². The van der Waals surface area contributed by atoms with Crippen molar-refractivity contribution in [1.29, 1.82) is 0 Å². The molecule has 0 fully saturated rings. The van der Waals surface area contributed by atoms with Crippen molar-refractivity contribution in [3.63, 3.8) is 0 Å². The van der Waals surface area contributed by atoms with E-state index < -0.39 is 0 Å². The molecule has 0 aliphatic heterocycles. The predicted octanol–water partition coefficient (Wildman–Crippen LogP) is 3.54. The van der Waals surface area contributed by atoms with Crippen molar-refractivity contribution in [2.45, 2.75) is 27.3 Å². The first-order valence-corrected chi connectivity index (χ1v) is 6.47. The average Bonchev–Trinajstić information content (AvgIpc) is 2.36. The minimum Gasteiger partial charge on any atom is -0.348 e. The van der Waals surface area contributed by atoms with Crippen molar-refractivity contribution in [2.75, 3.05) is 0 Å². The minimum absolute atomic E-state index is 0.0185. The summed E-state index contributed by atoms with van der Waals surface area (Å²) in [7, 11) is 0. The van der Waals surface area contributed by atoms with Gasteiger partial charge in [0.05, 0.1) is 0 Å². The quantitative estimate of drug-likeness (QED) is 0.890. The molecule has 1 N–H and O–H groups in total. The highest BCUT2D eigenvalue weighted by Crippen LogP contribution is 2.10. The Morgan fingerprint density at radius 1 is 1.00 bits per heavy atom. The van der Waals surface area contributed by atoms with Crippen molar-refractivity contribution in [1.82, 2.24) is 5.32 Å². The van der Waals surface area contributed by atoms with Crippen LogP contribution >= 0.6 is 0 Å². The summed E-state index contributed by atoms with van der Waals surface area (Å²) in [4.78, 5) is 12.1. The van der Waals surface area contributed by atoms with Crippen LogP contribution in [0.5, 0.6) is 0 Å². The fourth-order valence-electron chi connectivity index (χ4n) is 2.19. The molecule has 0 aliphatic rings. The van der Waals surface area contributed by atoms with Crippen LogP contribution in [0.1, 0.15) is 32.6 Å². The van der Waals surface area contributed by atoms with Gasteiger partial charge in [0.1, 0.15) is 0 Å². The average molecular weight is 253 g/mol. The van der Waals surface area contributed by atoms with Crippen molar-refractivity contribution in [2.24, 2.45) is 0 Å². The van der Waals surface area contributed by atoms with E-state index in [2.05, 4.69) is 24.4 Å². The maximum Gasteiger partial charge on any atom is 0.251 e. The molecule has 0 aliphatic carbocycles. The van der Waals surface area contributed by atoms with Gasteiger partial charge in [0.2, 0.25) is 0 Å². The molecule has 2 rings (SSSR count). The number of aryl methyl sites for hydroxylation is 3. The Morgan fingerprint density at radius 3 is 2.26 bits per heavy atom. The van der Waals surface area contributed by atoms with Gasteiger partial charge in [-0.1, -0.05) is 41.5 Å². The Kier molecular flexibility index (Phi) is 4.00. The molecule has 2 heteroatoms. The normalized spacial score (nSPS) is 10.3. The largest absolute Gasteiger partial charge is 0.348 e. The van der Waals surface area contributed by atoms with Gasteiger partial charge in [-0.2, -0.15) is 0 Å². The molecule has 1 amide bonds. The molecule has 0 saturated carbocycles. The van der Waals surface area contributed by atoms with Gasteiger partial charge in [-0.25, -0.2) is 0 Å². The molecule has 0 aromatic heterocycles. The van der Waals surface area contributed by atoms with E-state index in [0.29, 0.717) is 6.54 Å². The van der Waals surface area contributed by atoms with Crippen LogP contribution < -0.4 is 5.32 Å². The second-order valence-electron chi connectivity index (χ2n) is 4.99. The molecule has 19 heavy (non-hydrogen) atoms. The molecular weight excluding hydrogens is 234 g/mol. The van der Waals surface area contributed by atoms with Gasteiger partial charge in [0, 0.05) is 12.1 Å². The summed E-state index contributed by atoms with van der Waals surface area (Å²) in [6.45, 7) is 6.63. The van der Waals surface area contributed by atoms with Crippen LogP contribution in [-0.4, -0.2) is 5.91 Å². The summed E-state index contributed by atoms with van der Waals surface area (Å²) < 4.78 is 0. The van der Waals surface area contributed by atoms with E-state index in [9.17, 15) is 4.79 Å². The molecule has 0 radical (unpaired) electrons. The molecule has 0 saturated heterocycles. The second kappa shape index (κ2) is 5.70. The van der Waals surface area contributed by atoms with Crippen LogP contribution in [0.2, 0.25) is 0 Å². The summed E-state index contributed by atoms with van der Waals surface area (Å²) >= 11 is 0. The lowest BCUT2D eigenvalue weighted by atomic mass is 10.1. The van der Waals surface area contributed by atoms with Crippen LogP contribution in [0.15, 0.2) is 42.5 Å². The van der Waals surface area contributed by atoms with Gasteiger partial charge in [-0.15, -0.1) is 0 Å². The Labute approximate surface area is 114 Å². The van der Waals surface area contributed by atoms with Crippen LogP contribution in [0.4, 0.5) is 0 Å². The van der Waals surface area contributed by atoms with Crippen LogP contribution in [0.3, 0.4) is 0 Å². The highest BCUT2D eigenvalue weighted by atomic mass is 16.1. The summed E-state index contributed by atoms with van der Waals surface area (Å²) in [5.74, 6) is -0.0185. The lowest BCUT2D eigenvalue weighted by molar-refractivity contribution is 0.0950. The predicted molar refractivity (Wildman–Crippen MR) is 78.3 cm³/mol. The van der Waals surface area contributed by atoms with Crippen LogP contribution in [0, 0.1) is 20.8 Å². The van der Waals surface area contributed by atoms with E-state index in [0.717, 1.165) is 22.3 Å².